The van der Waals surface area contributed by atoms with Crippen LogP contribution < -0.4 is 5.32 Å². The molecule has 25 heavy (non-hydrogen) atoms. The fourth-order valence-corrected chi connectivity index (χ4v) is 5.05. The number of hydrogen-bond acceptors (Lipinski definition) is 3. The van der Waals surface area contributed by atoms with Crippen LogP contribution in [0.25, 0.3) is 0 Å². The maximum atomic E-state index is 10.5. The molecule has 0 saturated carbocycles. The number of aliphatic hydroxyl groups excluding tert-OH is 1. The molecular formula is C22H28N2O. The summed E-state index contributed by atoms with van der Waals surface area (Å²) >= 11 is 0. The standard InChI is InChI=1S/C22H28N2O/c1-3-24-13-19-20(14-24)22(15-25,17-10-5-4-6-11-17)23-21(19)18-12-8-7-9-16(18)2/h4-12,19-21,23,25H,3,13-15H2,1-2H3/t19-,20+,21-,22-/m1/s1. The van der Waals surface area contributed by atoms with Gasteiger partial charge in [-0.2, -0.15) is 0 Å². The molecule has 4 rings (SSSR count). The number of aryl methyl sites for hydroxylation is 1. The van der Waals surface area contributed by atoms with Crippen molar-refractivity contribution in [1.29, 1.82) is 0 Å². The van der Waals surface area contributed by atoms with Crippen molar-refractivity contribution in [2.75, 3.05) is 26.2 Å². The van der Waals surface area contributed by atoms with Gasteiger partial charge in [0.1, 0.15) is 0 Å². The fraction of sp³-hybridized carbons (Fsp3) is 0.455. The van der Waals surface area contributed by atoms with E-state index in [9.17, 15) is 5.11 Å². The Morgan fingerprint density at radius 3 is 2.48 bits per heavy atom. The van der Waals surface area contributed by atoms with E-state index in [0.29, 0.717) is 11.8 Å². The Bertz CT molecular complexity index is 732. The Kier molecular flexibility index (Phi) is 4.40. The number of rotatable bonds is 4. The second-order valence-corrected chi connectivity index (χ2v) is 7.60. The largest absolute Gasteiger partial charge is 0.394 e. The number of hydrogen-bond donors (Lipinski definition) is 2. The van der Waals surface area contributed by atoms with E-state index in [0.717, 1.165) is 19.6 Å². The maximum absolute atomic E-state index is 10.5. The van der Waals surface area contributed by atoms with Crippen molar-refractivity contribution in [3.63, 3.8) is 0 Å². The van der Waals surface area contributed by atoms with E-state index >= 15 is 0 Å². The highest BCUT2D eigenvalue weighted by Crippen LogP contribution is 2.51. The number of nitrogens with zero attached hydrogens (tertiary/aromatic N) is 1. The highest BCUT2D eigenvalue weighted by molar-refractivity contribution is 5.36. The topological polar surface area (TPSA) is 35.5 Å². The zero-order valence-corrected chi connectivity index (χ0v) is 15.2. The van der Waals surface area contributed by atoms with Crippen LogP contribution in [0.3, 0.4) is 0 Å². The highest BCUT2D eigenvalue weighted by Gasteiger charge is 2.57. The summed E-state index contributed by atoms with van der Waals surface area (Å²) in [6.45, 7) is 7.79. The summed E-state index contributed by atoms with van der Waals surface area (Å²) in [6, 6.07) is 19.5. The van der Waals surface area contributed by atoms with E-state index in [1.165, 1.54) is 16.7 Å². The molecule has 2 aromatic carbocycles. The second-order valence-electron chi connectivity index (χ2n) is 7.60. The van der Waals surface area contributed by atoms with Crippen LogP contribution in [0.5, 0.6) is 0 Å². The molecule has 0 aliphatic carbocycles. The minimum absolute atomic E-state index is 0.137. The van der Waals surface area contributed by atoms with E-state index in [-0.39, 0.29) is 18.2 Å². The number of likely N-dealkylation sites (tertiary alicyclic amines) is 1. The minimum Gasteiger partial charge on any atom is -0.394 e. The minimum atomic E-state index is -0.358. The molecule has 0 unspecified atom stereocenters. The Hall–Kier alpha value is -1.68. The predicted molar refractivity (Wildman–Crippen MR) is 101 cm³/mol. The molecule has 0 bridgehead atoms. The Morgan fingerprint density at radius 1 is 1.08 bits per heavy atom. The van der Waals surface area contributed by atoms with Gasteiger partial charge < -0.3 is 10.0 Å². The summed E-state index contributed by atoms with van der Waals surface area (Å²) in [4.78, 5) is 2.54. The van der Waals surface area contributed by atoms with Gasteiger partial charge in [0.15, 0.2) is 0 Å². The third kappa shape index (κ3) is 2.62. The second kappa shape index (κ2) is 6.56. The van der Waals surface area contributed by atoms with Crippen LogP contribution in [0.4, 0.5) is 0 Å². The molecule has 2 saturated heterocycles. The molecule has 132 valence electrons. The molecular weight excluding hydrogens is 308 g/mol. The third-order valence-corrected chi connectivity index (χ3v) is 6.42. The summed E-state index contributed by atoms with van der Waals surface area (Å²) in [7, 11) is 0. The molecule has 2 aliphatic heterocycles. The van der Waals surface area contributed by atoms with Crippen LogP contribution in [0.15, 0.2) is 54.6 Å². The summed E-state index contributed by atoms with van der Waals surface area (Å²) in [6.07, 6.45) is 0. The lowest BCUT2D eigenvalue weighted by Crippen LogP contribution is -2.48. The van der Waals surface area contributed by atoms with Crippen molar-refractivity contribution in [2.45, 2.75) is 25.4 Å². The molecule has 0 amide bonds. The van der Waals surface area contributed by atoms with Gasteiger partial charge in [-0.25, -0.2) is 0 Å². The SMILES string of the molecule is CCN1C[C@H]2[C@@H](c3ccccc3C)N[C@](CO)(c3ccccc3)[C@H]2C1. The van der Waals surface area contributed by atoms with Gasteiger partial charge in [-0.1, -0.05) is 61.5 Å². The van der Waals surface area contributed by atoms with Crippen LogP contribution in [0, 0.1) is 18.8 Å². The molecule has 3 heteroatoms. The number of aliphatic hydroxyl groups is 1. The van der Waals surface area contributed by atoms with Crippen molar-refractivity contribution < 1.29 is 5.11 Å². The first-order chi connectivity index (χ1) is 12.2. The molecule has 3 nitrogen and oxygen atoms in total. The van der Waals surface area contributed by atoms with Crippen LogP contribution in [-0.4, -0.2) is 36.2 Å². The molecule has 2 heterocycles. The molecule has 0 spiro atoms. The number of nitrogens with one attached hydrogen (secondary N) is 1. The van der Waals surface area contributed by atoms with Crippen molar-refractivity contribution in [2.24, 2.45) is 11.8 Å². The first-order valence-electron chi connectivity index (χ1n) is 9.41. The lowest BCUT2D eigenvalue weighted by atomic mass is 9.76. The van der Waals surface area contributed by atoms with Gasteiger partial charge in [-0.15, -0.1) is 0 Å². The molecule has 2 aliphatic rings. The molecule has 2 N–H and O–H groups in total. The highest BCUT2D eigenvalue weighted by atomic mass is 16.3. The maximum Gasteiger partial charge on any atom is 0.0718 e. The lowest BCUT2D eigenvalue weighted by molar-refractivity contribution is 0.127. The van der Waals surface area contributed by atoms with E-state index in [1.807, 2.05) is 6.07 Å². The van der Waals surface area contributed by atoms with Crippen molar-refractivity contribution in [3.8, 4) is 0 Å². The zero-order chi connectivity index (χ0) is 17.4. The van der Waals surface area contributed by atoms with Crippen molar-refractivity contribution >= 4 is 0 Å². The van der Waals surface area contributed by atoms with Gasteiger partial charge in [0.2, 0.25) is 0 Å². The molecule has 0 aromatic heterocycles. The monoisotopic (exact) mass is 336 g/mol. The Balaban J connectivity index is 1.80. The number of fused-ring (bicyclic) bond motifs is 1. The third-order valence-electron chi connectivity index (χ3n) is 6.42. The van der Waals surface area contributed by atoms with Crippen LogP contribution >= 0.6 is 0 Å². The predicted octanol–water partition coefficient (Wildman–Crippen LogP) is 3.10. The van der Waals surface area contributed by atoms with Crippen LogP contribution in [-0.2, 0) is 5.54 Å². The number of benzene rings is 2. The molecule has 2 fully saturated rings. The summed E-state index contributed by atoms with van der Waals surface area (Å²) < 4.78 is 0. The van der Waals surface area contributed by atoms with Crippen molar-refractivity contribution in [3.05, 3.63) is 71.3 Å². The smallest absolute Gasteiger partial charge is 0.0718 e. The molecule has 0 radical (unpaired) electrons. The quantitative estimate of drug-likeness (QED) is 0.901. The normalized spacial score (nSPS) is 32.0. The summed E-state index contributed by atoms with van der Waals surface area (Å²) in [5, 5.41) is 14.4. The van der Waals surface area contributed by atoms with Gasteiger partial charge in [0.25, 0.3) is 0 Å². The van der Waals surface area contributed by atoms with Gasteiger partial charge in [-0.3, -0.25) is 5.32 Å². The summed E-state index contributed by atoms with van der Waals surface area (Å²) in [5.41, 5.74) is 3.56. The molecule has 4 atom stereocenters. The fourth-order valence-electron chi connectivity index (χ4n) is 5.05. The average molecular weight is 336 g/mol. The Morgan fingerprint density at radius 2 is 1.80 bits per heavy atom. The van der Waals surface area contributed by atoms with E-state index < -0.39 is 0 Å². The average Bonchev–Trinajstić information content (AvgIpc) is 3.21. The first kappa shape index (κ1) is 16.8. The van der Waals surface area contributed by atoms with Gasteiger partial charge in [-0.05, 0) is 36.1 Å². The van der Waals surface area contributed by atoms with Gasteiger partial charge in [0, 0.05) is 25.0 Å². The van der Waals surface area contributed by atoms with Crippen LogP contribution in [0.1, 0.15) is 29.7 Å². The first-order valence-corrected chi connectivity index (χ1v) is 9.41. The van der Waals surface area contributed by atoms with E-state index in [1.54, 1.807) is 0 Å². The van der Waals surface area contributed by atoms with E-state index in [2.05, 4.69) is 72.6 Å². The zero-order valence-electron chi connectivity index (χ0n) is 15.2. The van der Waals surface area contributed by atoms with E-state index in [4.69, 9.17) is 0 Å². The Labute approximate surface area is 150 Å². The molecule has 2 aromatic rings. The van der Waals surface area contributed by atoms with Gasteiger partial charge in [0.05, 0.1) is 12.1 Å². The van der Waals surface area contributed by atoms with Crippen LogP contribution in [0.2, 0.25) is 0 Å². The lowest BCUT2D eigenvalue weighted by Gasteiger charge is -2.35. The van der Waals surface area contributed by atoms with Gasteiger partial charge >= 0.3 is 0 Å². The van der Waals surface area contributed by atoms with Crippen molar-refractivity contribution in [1.82, 2.24) is 10.2 Å². The summed E-state index contributed by atoms with van der Waals surface area (Å²) in [5.74, 6) is 0.942.